The summed E-state index contributed by atoms with van der Waals surface area (Å²) in [6.07, 6.45) is 2.30. The SMILES string of the molecule is Cc1ccncc1C(F)CNC(C)(C)C. The van der Waals surface area contributed by atoms with Gasteiger partial charge >= 0.3 is 0 Å². The first-order valence-corrected chi connectivity index (χ1v) is 5.20. The van der Waals surface area contributed by atoms with Crippen LogP contribution in [0.15, 0.2) is 18.5 Å². The van der Waals surface area contributed by atoms with Crippen molar-refractivity contribution >= 4 is 0 Å². The number of aryl methyl sites for hydroxylation is 1. The molecule has 0 aliphatic heterocycles. The van der Waals surface area contributed by atoms with Crippen LogP contribution in [0.25, 0.3) is 0 Å². The zero-order valence-corrected chi connectivity index (χ0v) is 9.84. The molecule has 1 N–H and O–H groups in total. The molecule has 3 heteroatoms. The van der Waals surface area contributed by atoms with Gasteiger partial charge in [-0.2, -0.15) is 0 Å². The second kappa shape index (κ2) is 4.71. The van der Waals surface area contributed by atoms with Gasteiger partial charge < -0.3 is 5.32 Å². The molecule has 1 atom stereocenters. The molecule has 0 aromatic carbocycles. The van der Waals surface area contributed by atoms with Crippen LogP contribution in [0.1, 0.15) is 38.1 Å². The molecule has 2 nitrogen and oxygen atoms in total. The molecule has 1 heterocycles. The van der Waals surface area contributed by atoms with Crippen molar-refractivity contribution in [1.82, 2.24) is 10.3 Å². The molecule has 0 saturated heterocycles. The summed E-state index contributed by atoms with van der Waals surface area (Å²) in [4.78, 5) is 3.94. The van der Waals surface area contributed by atoms with Gasteiger partial charge in [0.15, 0.2) is 0 Å². The molecule has 0 amide bonds. The Kier molecular flexibility index (Phi) is 3.80. The summed E-state index contributed by atoms with van der Waals surface area (Å²) >= 11 is 0. The Bertz CT molecular complexity index is 318. The topological polar surface area (TPSA) is 24.9 Å². The highest BCUT2D eigenvalue weighted by atomic mass is 19.1. The van der Waals surface area contributed by atoms with Crippen molar-refractivity contribution in [1.29, 1.82) is 0 Å². The van der Waals surface area contributed by atoms with E-state index in [4.69, 9.17) is 0 Å². The van der Waals surface area contributed by atoms with Crippen LogP contribution >= 0.6 is 0 Å². The van der Waals surface area contributed by atoms with Crippen LogP contribution in [0.4, 0.5) is 4.39 Å². The van der Waals surface area contributed by atoms with Gasteiger partial charge in [-0.1, -0.05) is 0 Å². The Hall–Kier alpha value is -0.960. The molecule has 0 aliphatic rings. The molecular weight excluding hydrogens is 191 g/mol. The molecule has 1 unspecified atom stereocenters. The summed E-state index contributed by atoms with van der Waals surface area (Å²) in [5.74, 6) is 0. The number of nitrogens with zero attached hydrogens (tertiary/aromatic N) is 1. The van der Waals surface area contributed by atoms with E-state index in [9.17, 15) is 4.39 Å². The number of hydrogen-bond acceptors (Lipinski definition) is 2. The van der Waals surface area contributed by atoms with Gasteiger partial charge in [-0.3, -0.25) is 4.98 Å². The minimum Gasteiger partial charge on any atom is -0.309 e. The van der Waals surface area contributed by atoms with Gasteiger partial charge in [-0.25, -0.2) is 4.39 Å². The minimum absolute atomic E-state index is 0.0551. The lowest BCUT2D eigenvalue weighted by molar-refractivity contribution is 0.290. The highest BCUT2D eigenvalue weighted by Gasteiger charge is 2.16. The largest absolute Gasteiger partial charge is 0.309 e. The lowest BCUT2D eigenvalue weighted by atomic mass is 10.1. The fourth-order valence-electron chi connectivity index (χ4n) is 1.31. The van der Waals surface area contributed by atoms with Crippen LogP contribution in [0.2, 0.25) is 0 Å². The Labute approximate surface area is 90.9 Å². The van der Waals surface area contributed by atoms with E-state index in [-0.39, 0.29) is 5.54 Å². The quantitative estimate of drug-likeness (QED) is 0.829. The monoisotopic (exact) mass is 210 g/mol. The molecule has 0 bridgehead atoms. The van der Waals surface area contributed by atoms with Crippen LogP contribution in [0.5, 0.6) is 0 Å². The fraction of sp³-hybridized carbons (Fsp3) is 0.583. The number of nitrogens with one attached hydrogen (secondary N) is 1. The molecule has 0 aliphatic carbocycles. The van der Waals surface area contributed by atoms with Crippen molar-refractivity contribution in [3.8, 4) is 0 Å². The van der Waals surface area contributed by atoms with Crippen molar-refractivity contribution in [2.45, 2.75) is 39.4 Å². The third kappa shape index (κ3) is 3.96. The van der Waals surface area contributed by atoms with Crippen LogP contribution in [-0.4, -0.2) is 17.1 Å². The summed E-state index contributed by atoms with van der Waals surface area (Å²) in [6, 6.07) is 1.83. The standard InChI is InChI=1S/C12H19FN2/c1-9-5-6-14-7-10(9)11(13)8-15-12(2,3)4/h5-7,11,15H,8H2,1-4H3. The van der Waals surface area contributed by atoms with Gasteiger partial charge in [0.05, 0.1) is 0 Å². The maximum absolute atomic E-state index is 13.8. The van der Waals surface area contributed by atoms with E-state index in [2.05, 4.69) is 10.3 Å². The van der Waals surface area contributed by atoms with E-state index in [1.807, 2.05) is 33.8 Å². The molecule has 1 rings (SSSR count). The lowest BCUT2D eigenvalue weighted by Crippen LogP contribution is -2.38. The number of alkyl halides is 1. The molecule has 0 saturated carbocycles. The smallest absolute Gasteiger partial charge is 0.139 e. The second-order valence-electron chi connectivity index (χ2n) is 4.83. The minimum atomic E-state index is -0.988. The number of aromatic nitrogens is 1. The van der Waals surface area contributed by atoms with Gasteiger partial charge in [-0.15, -0.1) is 0 Å². The van der Waals surface area contributed by atoms with Crippen molar-refractivity contribution in [2.24, 2.45) is 0 Å². The van der Waals surface area contributed by atoms with Gasteiger partial charge in [0.1, 0.15) is 6.17 Å². The summed E-state index contributed by atoms with van der Waals surface area (Å²) in [6.45, 7) is 8.30. The predicted octanol–water partition coefficient (Wildman–Crippen LogP) is 2.79. The Balaban J connectivity index is 2.62. The van der Waals surface area contributed by atoms with E-state index in [1.54, 1.807) is 12.4 Å². The highest BCUT2D eigenvalue weighted by Crippen LogP contribution is 2.19. The average molecular weight is 210 g/mol. The number of pyridine rings is 1. The van der Waals surface area contributed by atoms with Gasteiger partial charge in [0.2, 0.25) is 0 Å². The summed E-state index contributed by atoms with van der Waals surface area (Å²) in [5, 5.41) is 3.14. The van der Waals surface area contributed by atoms with Gasteiger partial charge in [0.25, 0.3) is 0 Å². The summed E-state index contributed by atoms with van der Waals surface area (Å²) in [5.41, 5.74) is 1.57. The van der Waals surface area contributed by atoms with Gasteiger partial charge in [-0.05, 0) is 39.3 Å². The molecule has 84 valence electrons. The number of rotatable bonds is 3. The van der Waals surface area contributed by atoms with Crippen LogP contribution < -0.4 is 5.32 Å². The summed E-state index contributed by atoms with van der Waals surface area (Å²) in [7, 11) is 0. The Morgan fingerprint density at radius 2 is 2.13 bits per heavy atom. The Morgan fingerprint density at radius 3 is 2.67 bits per heavy atom. The zero-order chi connectivity index (χ0) is 11.5. The van der Waals surface area contributed by atoms with Crippen molar-refractivity contribution < 1.29 is 4.39 Å². The number of hydrogen-bond donors (Lipinski definition) is 1. The highest BCUT2D eigenvalue weighted by molar-refractivity contribution is 5.24. The second-order valence-corrected chi connectivity index (χ2v) is 4.83. The van der Waals surface area contributed by atoms with E-state index in [0.29, 0.717) is 12.1 Å². The maximum Gasteiger partial charge on any atom is 0.139 e. The Morgan fingerprint density at radius 1 is 1.47 bits per heavy atom. The normalized spacial score (nSPS) is 13.9. The zero-order valence-electron chi connectivity index (χ0n) is 9.84. The molecule has 1 aromatic heterocycles. The third-order valence-corrected chi connectivity index (χ3v) is 2.23. The molecule has 15 heavy (non-hydrogen) atoms. The van der Waals surface area contributed by atoms with E-state index in [0.717, 1.165) is 5.56 Å². The van der Waals surface area contributed by atoms with E-state index < -0.39 is 6.17 Å². The summed E-state index contributed by atoms with van der Waals surface area (Å²) < 4.78 is 13.8. The van der Waals surface area contributed by atoms with Crippen molar-refractivity contribution in [3.63, 3.8) is 0 Å². The first-order valence-electron chi connectivity index (χ1n) is 5.20. The molecule has 0 radical (unpaired) electrons. The van der Waals surface area contributed by atoms with E-state index >= 15 is 0 Å². The van der Waals surface area contributed by atoms with Crippen LogP contribution in [-0.2, 0) is 0 Å². The average Bonchev–Trinajstić information content (AvgIpc) is 2.14. The fourth-order valence-corrected chi connectivity index (χ4v) is 1.31. The molecule has 0 fully saturated rings. The first-order chi connectivity index (χ1) is 6.90. The molecular formula is C12H19FN2. The maximum atomic E-state index is 13.8. The van der Waals surface area contributed by atoms with E-state index in [1.165, 1.54) is 0 Å². The van der Waals surface area contributed by atoms with Crippen LogP contribution in [0, 0.1) is 6.92 Å². The predicted molar refractivity (Wildman–Crippen MR) is 60.6 cm³/mol. The molecule has 0 spiro atoms. The number of halogens is 1. The van der Waals surface area contributed by atoms with Crippen molar-refractivity contribution in [2.75, 3.05) is 6.54 Å². The third-order valence-electron chi connectivity index (χ3n) is 2.23. The van der Waals surface area contributed by atoms with Gasteiger partial charge in [0, 0.05) is 30.0 Å². The molecule has 1 aromatic rings. The lowest BCUT2D eigenvalue weighted by Gasteiger charge is -2.22. The van der Waals surface area contributed by atoms with Crippen LogP contribution in [0.3, 0.4) is 0 Å². The first kappa shape index (κ1) is 12.1. The van der Waals surface area contributed by atoms with Crippen molar-refractivity contribution in [3.05, 3.63) is 29.6 Å².